The van der Waals surface area contributed by atoms with Crippen molar-refractivity contribution < 1.29 is 28.6 Å². The first-order chi connectivity index (χ1) is 34.0. The van der Waals surface area contributed by atoms with E-state index >= 15 is 0 Å². The standard InChI is InChI=1S/C63H102O6/c1-4-7-10-13-16-19-22-25-28-30-31-33-35-38-41-44-47-50-53-56-62(65)68-59-60(58-67-61(64)55-52-49-46-43-40-37-34-27-24-21-18-15-12-9-6-3)69-63(66)57-54-51-48-45-42-39-36-32-29-26-23-20-17-14-11-8-5-2/h7,10,16-17,19-20,25-29,31,33-34,36,38-39,41,47,50,60H,4-6,8-9,11-15,18,21-24,30,32,35,37,40,42-46,48-49,51-59H2,1-3H3/b10-7-,19-16-,20-17-,28-25-,29-26-,33-31-,34-27-,39-36-,41-38-,50-47-/t60-/m1/s1. The number of ether oxygens (including phenoxy) is 3. The van der Waals surface area contributed by atoms with Crippen molar-refractivity contribution in [2.24, 2.45) is 0 Å². The smallest absolute Gasteiger partial charge is 0.306 e. The van der Waals surface area contributed by atoms with Crippen LogP contribution in [0, 0.1) is 0 Å². The van der Waals surface area contributed by atoms with Gasteiger partial charge in [-0.1, -0.05) is 219 Å². The normalized spacial score (nSPS) is 13.0. The lowest BCUT2D eigenvalue weighted by atomic mass is 10.1. The van der Waals surface area contributed by atoms with E-state index in [9.17, 15) is 14.4 Å². The topological polar surface area (TPSA) is 78.9 Å². The second-order valence-electron chi connectivity index (χ2n) is 18.1. The molecule has 0 amide bonds. The van der Waals surface area contributed by atoms with Crippen molar-refractivity contribution in [3.63, 3.8) is 0 Å². The average molecular weight is 956 g/mol. The summed E-state index contributed by atoms with van der Waals surface area (Å²) in [6.07, 6.45) is 77.6. The third-order valence-electron chi connectivity index (χ3n) is 11.4. The van der Waals surface area contributed by atoms with Gasteiger partial charge in [0.2, 0.25) is 0 Å². The minimum atomic E-state index is -0.827. The van der Waals surface area contributed by atoms with Crippen LogP contribution in [-0.2, 0) is 28.6 Å². The summed E-state index contributed by atoms with van der Waals surface area (Å²) in [6, 6.07) is 0. The fourth-order valence-corrected chi connectivity index (χ4v) is 7.23. The lowest BCUT2D eigenvalue weighted by molar-refractivity contribution is -0.166. The lowest BCUT2D eigenvalue weighted by Crippen LogP contribution is -2.30. The minimum absolute atomic E-state index is 0.118. The monoisotopic (exact) mass is 955 g/mol. The van der Waals surface area contributed by atoms with Crippen LogP contribution in [0.3, 0.4) is 0 Å². The maximum Gasteiger partial charge on any atom is 0.306 e. The fraction of sp³-hybridized carbons (Fsp3) is 0.635. The molecule has 0 aromatic carbocycles. The number of carbonyl (C=O) groups excluding carboxylic acids is 3. The van der Waals surface area contributed by atoms with Crippen LogP contribution >= 0.6 is 0 Å². The molecular formula is C63H102O6. The van der Waals surface area contributed by atoms with Crippen LogP contribution in [-0.4, -0.2) is 37.2 Å². The molecule has 6 nitrogen and oxygen atoms in total. The highest BCUT2D eigenvalue weighted by Crippen LogP contribution is 2.13. The first kappa shape index (κ1) is 64.8. The number of carbonyl (C=O) groups is 3. The van der Waals surface area contributed by atoms with Gasteiger partial charge in [0.1, 0.15) is 13.2 Å². The molecule has 0 saturated heterocycles. The van der Waals surface area contributed by atoms with Crippen molar-refractivity contribution in [3.8, 4) is 0 Å². The number of hydrogen-bond acceptors (Lipinski definition) is 6. The molecule has 1 atom stereocenters. The van der Waals surface area contributed by atoms with Gasteiger partial charge >= 0.3 is 17.9 Å². The van der Waals surface area contributed by atoms with Gasteiger partial charge in [-0.15, -0.1) is 0 Å². The zero-order valence-corrected chi connectivity index (χ0v) is 44.5. The highest BCUT2D eigenvalue weighted by molar-refractivity contribution is 5.71. The van der Waals surface area contributed by atoms with Gasteiger partial charge in [-0.05, 0) is 122 Å². The molecule has 0 aliphatic heterocycles. The van der Waals surface area contributed by atoms with Crippen molar-refractivity contribution in [2.45, 2.75) is 245 Å². The summed E-state index contributed by atoms with van der Waals surface area (Å²) in [6.45, 7) is 6.39. The van der Waals surface area contributed by atoms with Crippen LogP contribution < -0.4 is 0 Å². The predicted octanol–water partition coefficient (Wildman–Crippen LogP) is 18.9. The van der Waals surface area contributed by atoms with Crippen LogP contribution in [0.15, 0.2) is 122 Å². The zero-order chi connectivity index (χ0) is 50.0. The Labute approximate surface area is 424 Å². The van der Waals surface area contributed by atoms with Crippen molar-refractivity contribution in [3.05, 3.63) is 122 Å². The van der Waals surface area contributed by atoms with Gasteiger partial charge < -0.3 is 14.2 Å². The van der Waals surface area contributed by atoms with E-state index in [1.54, 1.807) is 0 Å². The molecule has 0 fully saturated rings. The third kappa shape index (κ3) is 54.6. The summed E-state index contributed by atoms with van der Waals surface area (Å²) < 4.78 is 16.8. The van der Waals surface area contributed by atoms with Gasteiger partial charge in [0.25, 0.3) is 0 Å². The van der Waals surface area contributed by atoms with E-state index in [1.807, 2.05) is 12.2 Å². The van der Waals surface area contributed by atoms with E-state index in [0.29, 0.717) is 12.8 Å². The quantitative estimate of drug-likeness (QED) is 0.0262. The average Bonchev–Trinajstić information content (AvgIpc) is 3.35. The van der Waals surface area contributed by atoms with Crippen LogP contribution in [0.5, 0.6) is 0 Å². The minimum Gasteiger partial charge on any atom is -0.462 e. The molecule has 0 bridgehead atoms. The summed E-state index contributed by atoms with van der Waals surface area (Å²) in [5.41, 5.74) is 0. The van der Waals surface area contributed by atoms with Gasteiger partial charge in [0.15, 0.2) is 6.10 Å². The summed E-state index contributed by atoms with van der Waals surface area (Å²) >= 11 is 0. The van der Waals surface area contributed by atoms with E-state index in [0.717, 1.165) is 116 Å². The molecule has 0 radical (unpaired) electrons. The van der Waals surface area contributed by atoms with Gasteiger partial charge in [-0.3, -0.25) is 14.4 Å². The molecule has 0 spiro atoms. The van der Waals surface area contributed by atoms with E-state index in [2.05, 4.69) is 130 Å². The van der Waals surface area contributed by atoms with Gasteiger partial charge in [0, 0.05) is 19.3 Å². The van der Waals surface area contributed by atoms with Gasteiger partial charge in [-0.25, -0.2) is 0 Å². The molecular weight excluding hydrogens is 853 g/mol. The molecule has 390 valence electrons. The fourth-order valence-electron chi connectivity index (χ4n) is 7.23. The number of rotatable bonds is 49. The molecule has 0 aliphatic carbocycles. The van der Waals surface area contributed by atoms with E-state index in [1.165, 1.54) is 77.0 Å². The molecule has 0 aromatic rings. The Hall–Kier alpha value is -4.19. The van der Waals surface area contributed by atoms with Crippen LogP contribution in [0.25, 0.3) is 0 Å². The molecule has 0 heterocycles. The van der Waals surface area contributed by atoms with Crippen LogP contribution in [0.1, 0.15) is 239 Å². The molecule has 6 heteroatoms. The first-order valence-corrected chi connectivity index (χ1v) is 28.0. The first-order valence-electron chi connectivity index (χ1n) is 28.0. The Morgan fingerprint density at radius 1 is 0.304 bits per heavy atom. The van der Waals surface area contributed by atoms with Gasteiger partial charge in [-0.2, -0.15) is 0 Å². The summed E-state index contributed by atoms with van der Waals surface area (Å²) in [4.78, 5) is 38.1. The molecule has 0 saturated carbocycles. The largest absolute Gasteiger partial charge is 0.462 e. The SMILES string of the molecule is CC/C=C\C/C=C\C/C=C\C/C=C\C/C=C\C/C=C\CCC(=O)OC[C@@H](COC(=O)CCCCCCC/C=C\CCCCCCCC)OC(=O)CCCCCC/C=C\C/C=C\C/C=C\CCCCC. The summed E-state index contributed by atoms with van der Waals surface area (Å²) in [5.74, 6) is -1.04. The Kier molecular flexibility index (Phi) is 53.0. The van der Waals surface area contributed by atoms with Crippen molar-refractivity contribution in [2.75, 3.05) is 13.2 Å². The summed E-state index contributed by atoms with van der Waals surface area (Å²) in [5, 5.41) is 0. The zero-order valence-electron chi connectivity index (χ0n) is 44.5. The lowest BCUT2D eigenvalue weighted by Gasteiger charge is -2.18. The van der Waals surface area contributed by atoms with E-state index in [4.69, 9.17) is 14.2 Å². The highest BCUT2D eigenvalue weighted by atomic mass is 16.6. The van der Waals surface area contributed by atoms with Crippen molar-refractivity contribution in [1.82, 2.24) is 0 Å². The highest BCUT2D eigenvalue weighted by Gasteiger charge is 2.19. The molecule has 0 unspecified atom stereocenters. The van der Waals surface area contributed by atoms with Crippen molar-refractivity contribution >= 4 is 17.9 Å². The number of hydrogen-bond donors (Lipinski definition) is 0. The van der Waals surface area contributed by atoms with Crippen LogP contribution in [0.2, 0.25) is 0 Å². The Balaban J connectivity index is 4.57. The third-order valence-corrected chi connectivity index (χ3v) is 11.4. The summed E-state index contributed by atoms with van der Waals surface area (Å²) in [7, 11) is 0. The Morgan fingerprint density at radius 3 is 1.01 bits per heavy atom. The number of unbranched alkanes of at least 4 members (excludes halogenated alkanes) is 18. The second kappa shape index (κ2) is 56.4. The van der Waals surface area contributed by atoms with Crippen LogP contribution in [0.4, 0.5) is 0 Å². The molecule has 0 aliphatic rings. The van der Waals surface area contributed by atoms with E-state index in [-0.39, 0.29) is 44.0 Å². The molecule has 0 aromatic heterocycles. The molecule has 0 rings (SSSR count). The molecule has 0 N–H and O–H groups in total. The number of allylic oxidation sites excluding steroid dienone is 20. The predicted molar refractivity (Wildman–Crippen MR) is 297 cm³/mol. The number of esters is 3. The maximum absolute atomic E-state index is 12.8. The van der Waals surface area contributed by atoms with Gasteiger partial charge in [0.05, 0.1) is 0 Å². The van der Waals surface area contributed by atoms with E-state index < -0.39 is 6.10 Å². The van der Waals surface area contributed by atoms with Crippen molar-refractivity contribution in [1.29, 1.82) is 0 Å². The molecule has 69 heavy (non-hydrogen) atoms. The Morgan fingerprint density at radius 2 is 0.594 bits per heavy atom. The Bertz CT molecular complexity index is 1470. The second-order valence-corrected chi connectivity index (χ2v) is 18.1. The maximum atomic E-state index is 12.8.